The molecule has 1 N–H and O–H groups in total. The van der Waals surface area contributed by atoms with Crippen LogP contribution in [-0.4, -0.2) is 36.5 Å². The van der Waals surface area contributed by atoms with Crippen molar-refractivity contribution in [1.82, 2.24) is 15.1 Å². The van der Waals surface area contributed by atoms with Crippen LogP contribution in [0.3, 0.4) is 0 Å². The van der Waals surface area contributed by atoms with Gasteiger partial charge in [0, 0.05) is 18.2 Å². The van der Waals surface area contributed by atoms with Crippen molar-refractivity contribution in [2.45, 2.75) is 19.4 Å². The highest BCUT2D eigenvalue weighted by atomic mass is 16.5. The Kier molecular flexibility index (Phi) is 6.85. The molecule has 0 fully saturated rings. The van der Waals surface area contributed by atoms with Crippen LogP contribution in [0, 0.1) is 0 Å². The SMILES string of the molecule is COc1ccc(CCNC(=O)C(C)n2nc(-c3ccccc3)ccc2=O)cc1OC. The molecule has 0 radical (unpaired) electrons. The van der Waals surface area contributed by atoms with E-state index in [0.717, 1.165) is 11.1 Å². The third-order valence-electron chi connectivity index (χ3n) is 4.80. The summed E-state index contributed by atoms with van der Waals surface area (Å²) in [5, 5.41) is 7.26. The molecule has 1 amide bonds. The molecule has 0 aliphatic rings. The van der Waals surface area contributed by atoms with E-state index in [1.165, 1.54) is 10.7 Å². The van der Waals surface area contributed by atoms with Crippen LogP contribution in [0.5, 0.6) is 11.5 Å². The molecule has 156 valence electrons. The lowest BCUT2D eigenvalue weighted by Gasteiger charge is -2.15. The second-order valence-electron chi connectivity index (χ2n) is 6.77. The van der Waals surface area contributed by atoms with Gasteiger partial charge in [-0.15, -0.1) is 0 Å². The van der Waals surface area contributed by atoms with Gasteiger partial charge in [-0.05, 0) is 37.1 Å². The smallest absolute Gasteiger partial charge is 0.267 e. The first-order chi connectivity index (χ1) is 14.5. The van der Waals surface area contributed by atoms with Gasteiger partial charge in [0.15, 0.2) is 11.5 Å². The molecule has 0 saturated carbocycles. The number of ether oxygens (including phenoxy) is 2. The molecule has 3 aromatic rings. The van der Waals surface area contributed by atoms with Crippen molar-refractivity contribution in [3.63, 3.8) is 0 Å². The van der Waals surface area contributed by atoms with E-state index in [-0.39, 0.29) is 11.5 Å². The molecule has 0 aliphatic carbocycles. The van der Waals surface area contributed by atoms with Gasteiger partial charge in [-0.3, -0.25) is 9.59 Å². The van der Waals surface area contributed by atoms with Gasteiger partial charge < -0.3 is 14.8 Å². The van der Waals surface area contributed by atoms with Crippen molar-refractivity contribution >= 4 is 5.91 Å². The largest absolute Gasteiger partial charge is 0.493 e. The second-order valence-corrected chi connectivity index (χ2v) is 6.77. The average Bonchev–Trinajstić information content (AvgIpc) is 2.79. The average molecular weight is 407 g/mol. The Bertz CT molecular complexity index is 1060. The fraction of sp³-hybridized carbons (Fsp3) is 0.261. The minimum Gasteiger partial charge on any atom is -0.493 e. The molecule has 3 rings (SSSR count). The molecule has 2 aromatic carbocycles. The quantitative estimate of drug-likeness (QED) is 0.621. The lowest BCUT2D eigenvalue weighted by atomic mass is 10.1. The standard InChI is InChI=1S/C23H25N3O4/c1-16(26-22(27)12-10-19(25-26)18-7-5-4-6-8-18)23(28)24-14-13-17-9-11-20(29-2)21(15-17)30-3/h4-12,15-16H,13-14H2,1-3H3,(H,24,28). The van der Waals surface area contributed by atoms with E-state index in [0.29, 0.717) is 30.2 Å². The van der Waals surface area contributed by atoms with E-state index in [9.17, 15) is 9.59 Å². The minimum atomic E-state index is -0.730. The molecule has 7 heteroatoms. The summed E-state index contributed by atoms with van der Waals surface area (Å²) in [5.74, 6) is 1.03. The number of rotatable bonds is 8. The van der Waals surface area contributed by atoms with Gasteiger partial charge >= 0.3 is 0 Å². The number of carbonyl (C=O) groups excluding carboxylic acids is 1. The zero-order valence-corrected chi connectivity index (χ0v) is 17.3. The van der Waals surface area contributed by atoms with Crippen LogP contribution in [0.25, 0.3) is 11.3 Å². The molecule has 1 heterocycles. The van der Waals surface area contributed by atoms with Crippen molar-refractivity contribution in [1.29, 1.82) is 0 Å². The summed E-state index contributed by atoms with van der Waals surface area (Å²) in [7, 11) is 3.17. The van der Waals surface area contributed by atoms with Crippen molar-refractivity contribution < 1.29 is 14.3 Å². The maximum Gasteiger partial charge on any atom is 0.267 e. The van der Waals surface area contributed by atoms with Crippen LogP contribution < -0.4 is 20.3 Å². The van der Waals surface area contributed by atoms with E-state index < -0.39 is 6.04 Å². The van der Waals surface area contributed by atoms with Crippen LogP contribution in [0.2, 0.25) is 0 Å². The highest BCUT2D eigenvalue weighted by molar-refractivity contribution is 5.79. The maximum atomic E-state index is 12.6. The molecular formula is C23H25N3O4. The summed E-state index contributed by atoms with van der Waals surface area (Å²) in [6.07, 6.45) is 0.616. The number of hydrogen-bond donors (Lipinski definition) is 1. The molecule has 0 bridgehead atoms. The summed E-state index contributed by atoms with van der Waals surface area (Å²) in [6, 6.07) is 17.5. The van der Waals surface area contributed by atoms with Gasteiger partial charge in [0.25, 0.3) is 5.56 Å². The molecular weight excluding hydrogens is 382 g/mol. The van der Waals surface area contributed by atoms with Crippen LogP contribution >= 0.6 is 0 Å². The topological polar surface area (TPSA) is 82.5 Å². The molecule has 0 saturated heterocycles. The van der Waals surface area contributed by atoms with Gasteiger partial charge in [-0.2, -0.15) is 5.10 Å². The first-order valence-corrected chi connectivity index (χ1v) is 9.67. The summed E-state index contributed by atoms with van der Waals surface area (Å²) >= 11 is 0. The maximum absolute atomic E-state index is 12.6. The Hall–Kier alpha value is -3.61. The number of methoxy groups -OCH3 is 2. The number of aromatic nitrogens is 2. The summed E-state index contributed by atoms with van der Waals surface area (Å²) in [4.78, 5) is 24.9. The Morgan fingerprint density at radius 2 is 1.77 bits per heavy atom. The highest BCUT2D eigenvalue weighted by Gasteiger charge is 2.18. The summed E-state index contributed by atoms with van der Waals surface area (Å²) in [6.45, 7) is 2.08. The lowest BCUT2D eigenvalue weighted by molar-refractivity contribution is -0.124. The number of nitrogens with one attached hydrogen (secondary N) is 1. The number of nitrogens with zero attached hydrogens (tertiary/aromatic N) is 2. The van der Waals surface area contributed by atoms with Crippen molar-refractivity contribution in [3.05, 3.63) is 76.6 Å². The molecule has 1 atom stereocenters. The Morgan fingerprint density at radius 3 is 2.47 bits per heavy atom. The van der Waals surface area contributed by atoms with Crippen molar-refractivity contribution in [2.75, 3.05) is 20.8 Å². The number of hydrogen-bond acceptors (Lipinski definition) is 5. The first kappa shape index (κ1) is 21.1. The third-order valence-corrected chi connectivity index (χ3v) is 4.80. The van der Waals surface area contributed by atoms with Crippen LogP contribution in [0.4, 0.5) is 0 Å². The van der Waals surface area contributed by atoms with Gasteiger partial charge in [-0.1, -0.05) is 36.4 Å². The zero-order chi connectivity index (χ0) is 21.5. The van der Waals surface area contributed by atoms with Crippen LogP contribution in [0.1, 0.15) is 18.5 Å². The van der Waals surface area contributed by atoms with E-state index in [1.807, 2.05) is 48.5 Å². The molecule has 1 aromatic heterocycles. The molecule has 0 aliphatic heterocycles. The Balaban J connectivity index is 1.66. The monoisotopic (exact) mass is 407 g/mol. The lowest BCUT2D eigenvalue weighted by Crippen LogP contribution is -2.37. The first-order valence-electron chi connectivity index (χ1n) is 9.67. The Morgan fingerprint density at radius 1 is 1.03 bits per heavy atom. The molecule has 0 spiro atoms. The summed E-state index contributed by atoms with van der Waals surface area (Å²) < 4.78 is 11.8. The third kappa shape index (κ3) is 4.86. The van der Waals surface area contributed by atoms with Gasteiger partial charge in [0.05, 0.1) is 19.9 Å². The van der Waals surface area contributed by atoms with Crippen LogP contribution in [0.15, 0.2) is 65.5 Å². The second kappa shape index (κ2) is 9.73. The van der Waals surface area contributed by atoms with Gasteiger partial charge in [0.2, 0.25) is 5.91 Å². The fourth-order valence-electron chi connectivity index (χ4n) is 3.09. The molecule has 30 heavy (non-hydrogen) atoms. The molecule has 7 nitrogen and oxygen atoms in total. The van der Waals surface area contributed by atoms with Gasteiger partial charge in [-0.25, -0.2) is 4.68 Å². The fourth-order valence-corrected chi connectivity index (χ4v) is 3.09. The number of benzene rings is 2. The summed E-state index contributed by atoms with van der Waals surface area (Å²) in [5.41, 5.74) is 2.20. The Labute approximate surface area is 175 Å². The van der Waals surface area contributed by atoms with E-state index in [2.05, 4.69) is 10.4 Å². The van der Waals surface area contributed by atoms with E-state index in [4.69, 9.17) is 9.47 Å². The van der Waals surface area contributed by atoms with Crippen LogP contribution in [-0.2, 0) is 11.2 Å². The van der Waals surface area contributed by atoms with E-state index >= 15 is 0 Å². The highest BCUT2D eigenvalue weighted by Crippen LogP contribution is 2.27. The number of carbonyl (C=O) groups is 1. The predicted molar refractivity (Wildman–Crippen MR) is 115 cm³/mol. The normalized spacial score (nSPS) is 11.6. The van der Waals surface area contributed by atoms with Crippen molar-refractivity contribution in [3.8, 4) is 22.8 Å². The van der Waals surface area contributed by atoms with E-state index in [1.54, 1.807) is 27.2 Å². The number of amides is 1. The zero-order valence-electron chi connectivity index (χ0n) is 17.3. The predicted octanol–water partition coefficient (Wildman–Crippen LogP) is 2.85. The van der Waals surface area contributed by atoms with Crippen molar-refractivity contribution in [2.24, 2.45) is 0 Å². The molecule has 1 unspecified atom stereocenters. The van der Waals surface area contributed by atoms with Gasteiger partial charge in [0.1, 0.15) is 6.04 Å². The minimum absolute atomic E-state index is 0.268.